The number of nitrogens with zero attached hydrogens (tertiary/aromatic N) is 2. The summed E-state index contributed by atoms with van der Waals surface area (Å²) in [5.41, 5.74) is 9.67. The van der Waals surface area contributed by atoms with Gasteiger partial charge in [-0.25, -0.2) is 5.43 Å². The van der Waals surface area contributed by atoms with Crippen LogP contribution in [0.4, 0.5) is 0 Å². The van der Waals surface area contributed by atoms with E-state index in [1.807, 2.05) is 0 Å². The van der Waals surface area contributed by atoms with Crippen LogP contribution in [-0.2, 0) is 0 Å². The fourth-order valence-corrected chi connectivity index (χ4v) is 3.35. The Hall–Kier alpha value is -0.160. The fourth-order valence-electron chi connectivity index (χ4n) is 3.35. The van der Waals surface area contributed by atoms with Crippen molar-refractivity contribution in [1.29, 1.82) is 0 Å². The molecule has 2 aliphatic heterocycles. The lowest BCUT2D eigenvalue weighted by Gasteiger charge is -2.46. The van der Waals surface area contributed by atoms with E-state index >= 15 is 0 Å². The number of fused-ring (bicyclic) bond motifs is 2. The van der Waals surface area contributed by atoms with Gasteiger partial charge in [0.25, 0.3) is 0 Å². The zero-order valence-electron chi connectivity index (χ0n) is 10.2. The zero-order chi connectivity index (χ0) is 11.1. The summed E-state index contributed by atoms with van der Waals surface area (Å²) in [6.45, 7) is 0.742. The molecule has 0 amide bonds. The molecule has 4 nitrogen and oxygen atoms in total. The third kappa shape index (κ3) is 2.04. The Labute approximate surface area is 92.8 Å². The molecule has 0 radical (unpaired) electrons. The molecule has 2 aliphatic rings. The molecule has 2 rings (SSSR count). The minimum atomic E-state index is 0.141. The van der Waals surface area contributed by atoms with Gasteiger partial charge in [-0.2, -0.15) is 0 Å². The molecule has 2 bridgehead atoms. The Kier molecular flexibility index (Phi) is 3.03. The van der Waals surface area contributed by atoms with Gasteiger partial charge in [-0.05, 0) is 32.7 Å². The van der Waals surface area contributed by atoms with Crippen LogP contribution in [0.25, 0.3) is 0 Å². The zero-order valence-corrected chi connectivity index (χ0v) is 10.2. The van der Waals surface area contributed by atoms with E-state index in [1.165, 1.54) is 25.7 Å². The largest absolute Gasteiger partial charge is 0.329 e. The number of nitrogens with one attached hydrogen (secondary N) is 1. The van der Waals surface area contributed by atoms with Crippen molar-refractivity contribution in [2.75, 3.05) is 27.7 Å². The van der Waals surface area contributed by atoms with Crippen molar-refractivity contribution < 1.29 is 0 Å². The Morgan fingerprint density at radius 2 is 1.87 bits per heavy atom. The van der Waals surface area contributed by atoms with Crippen molar-refractivity contribution in [3.05, 3.63) is 0 Å². The van der Waals surface area contributed by atoms with Crippen LogP contribution < -0.4 is 11.2 Å². The molecule has 0 saturated carbocycles. The van der Waals surface area contributed by atoms with Crippen LogP contribution >= 0.6 is 0 Å². The summed E-state index contributed by atoms with van der Waals surface area (Å²) in [6, 6.07) is 1.47. The number of rotatable bonds is 3. The van der Waals surface area contributed by atoms with Gasteiger partial charge in [-0.3, -0.25) is 5.01 Å². The lowest BCUT2D eigenvalue weighted by molar-refractivity contribution is 0.0494. The van der Waals surface area contributed by atoms with Gasteiger partial charge in [0.2, 0.25) is 0 Å². The van der Waals surface area contributed by atoms with Gasteiger partial charge in [-0.15, -0.1) is 0 Å². The molecular formula is C11H24N4. The molecule has 0 aromatic heterocycles. The molecule has 15 heavy (non-hydrogen) atoms. The quantitative estimate of drug-likeness (QED) is 0.647. The van der Waals surface area contributed by atoms with Crippen molar-refractivity contribution >= 4 is 0 Å². The minimum Gasteiger partial charge on any atom is -0.329 e. The van der Waals surface area contributed by atoms with E-state index in [-0.39, 0.29) is 5.54 Å². The van der Waals surface area contributed by atoms with Gasteiger partial charge in [0.05, 0.1) is 0 Å². The van der Waals surface area contributed by atoms with Crippen molar-refractivity contribution in [3.63, 3.8) is 0 Å². The van der Waals surface area contributed by atoms with Crippen LogP contribution in [0.1, 0.15) is 25.7 Å². The normalized spacial score (nSPS) is 41.4. The highest BCUT2D eigenvalue weighted by atomic mass is 15.5. The summed E-state index contributed by atoms with van der Waals surface area (Å²) in [4.78, 5) is 2.55. The lowest BCUT2D eigenvalue weighted by Crippen LogP contribution is -2.63. The van der Waals surface area contributed by atoms with E-state index in [2.05, 4.69) is 36.5 Å². The number of hydrazine groups is 1. The van der Waals surface area contributed by atoms with E-state index in [0.29, 0.717) is 0 Å². The van der Waals surface area contributed by atoms with Crippen LogP contribution in [-0.4, -0.2) is 55.2 Å². The molecule has 0 aromatic rings. The second-order valence-corrected chi connectivity index (χ2v) is 5.45. The first-order valence-electron chi connectivity index (χ1n) is 5.93. The molecule has 0 spiro atoms. The van der Waals surface area contributed by atoms with Crippen molar-refractivity contribution in [2.45, 2.75) is 43.3 Å². The number of nitrogens with two attached hydrogens (primary N) is 1. The average molecular weight is 212 g/mol. The predicted octanol–water partition coefficient (Wildman–Crippen LogP) is 0.00670. The predicted molar refractivity (Wildman–Crippen MR) is 62.4 cm³/mol. The van der Waals surface area contributed by atoms with Gasteiger partial charge in [-0.1, -0.05) is 0 Å². The maximum Gasteiger partial charge on any atom is 0.0477 e. The van der Waals surface area contributed by atoms with Crippen LogP contribution in [0.2, 0.25) is 0 Å². The van der Waals surface area contributed by atoms with Gasteiger partial charge >= 0.3 is 0 Å². The van der Waals surface area contributed by atoms with Gasteiger partial charge in [0, 0.05) is 38.3 Å². The van der Waals surface area contributed by atoms with E-state index in [9.17, 15) is 0 Å². The fraction of sp³-hybridized carbons (Fsp3) is 1.00. The molecule has 0 aliphatic carbocycles. The molecule has 2 fully saturated rings. The van der Waals surface area contributed by atoms with Crippen LogP contribution in [0, 0.1) is 0 Å². The third-order valence-corrected chi connectivity index (χ3v) is 4.09. The van der Waals surface area contributed by atoms with Crippen LogP contribution in [0.3, 0.4) is 0 Å². The van der Waals surface area contributed by atoms with Crippen molar-refractivity contribution in [2.24, 2.45) is 5.73 Å². The molecular weight excluding hydrogens is 188 g/mol. The number of hydrogen-bond acceptors (Lipinski definition) is 4. The molecule has 2 atom stereocenters. The van der Waals surface area contributed by atoms with E-state index in [4.69, 9.17) is 5.73 Å². The summed E-state index contributed by atoms with van der Waals surface area (Å²) in [7, 11) is 6.37. The minimum absolute atomic E-state index is 0.141. The lowest BCUT2D eigenvalue weighted by atomic mass is 9.83. The van der Waals surface area contributed by atoms with Crippen LogP contribution in [0.5, 0.6) is 0 Å². The Morgan fingerprint density at radius 3 is 2.27 bits per heavy atom. The molecule has 2 unspecified atom stereocenters. The number of piperidine rings is 1. The Morgan fingerprint density at radius 1 is 1.33 bits per heavy atom. The second kappa shape index (κ2) is 4.01. The van der Waals surface area contributed by atoms with E-state index in [0.717, 1.165) is 18.6 Å². The highest BCUT2D eigenvalue weighted by Crippen LogP contribution is 2.39. The Balaban J connectivity index is 2.09. The summed E-state index contributed by atoms with van der Waals surface area (Å²) >= 11 is 0. The summed E-state index contributed by atoms with van der Waals surface area (Å²) in [5.74, 6) is 0. The maximum atomic E-state index is 5.98. The van der Waals surface area contributed by atoms with Gasteiger partial charge < -0.3 is 10.6 Å². The van der Waals surface area contributed by atoms with Gasteiger partial charge in [0.1, 0.15) is 0 Å². The molecule has 0 aromatic carbocycles. The first kappa shape index (κ1) is 11.3. The van der Waals surface area contributed by atoms with Crippen LogP contribution in [0.15, 0.2) is 0 Å². The highest BCUT2D eigenvalue weighted by molar-refractivity contribution is 5.04. The first-order chi connectivity index (χ1) is 7.06. The smallest absolute Gasteiger partial charge is 0.0477 e. The second-order valence-electron chi connectivity index (χ2n) is 5.45. The van der Waals surface area contributed by atoms with Crippen molar-refractivity contribution in [1.82, 2.24) is 15.3 Å². The monoisotopic (exact) mass is 212 g/mol. The molecule has 88 valence electrons. The SMILES string of the molecule is CN(C)NC1(CN)CC2CCC(C1)N2C. The highest BCUT2D eigenvalue weighted by Gasteiger charge is 2.46. The van der Waals surface area contributed by atoms with Crippen molar-refractivity contribution in [3.8, 4) is 0 Å². The number of hydrogen-bond donors (Lipinski definition) is 2. The maximum absolute atomic E-state index is 5.98. The van der Waals surface area contributed by atoms with E-state index < -0.39 is 0 Å². The summed E-state index contributed by atoms with van der Waals surface area (Å²) < 4.78 is 0. The standard InChI is InChI=1S/C11H24N4/c1-14(2)13-11(8-12)6-9-4-5-10(7-11)15(9)3/h9-10,13H,4-8,12H2,1-3H3. The molecule has 4 heteroatoms. The molecule has 3 N–H and O–H groups in total. The average Bonchev–Trinajstić information content (AvgIpc) is 2.41. The summed E-state index contributed by atoms with van der Waals surface area (Å²) in [6.07, 6.45) is 5.07. The van der Waals surface area contributed by atoms with Gasteiger partial charge in [0.15, 0.2) is 0 Å². The first-order valence-corrected chi connectivity index (χ1v) is 5.93. The topological polar surface area (TPSA) is 44.5 Å². The van der Waals surface area contributed by atoms with E-state index in [1.54, 1.807) is 0 Å². The molecule has 2 heterocycles. The third-order valence-electron chi connectivity index (χ3n) is 4.09. The molecule has 2 saturated heterocycles. The summed E-state index contributed by atoms with van der Waals surface area (Å²) in [5, 5.41) is 2.05. The Bertz CT molecular complexity index is 215.